The topological polar surface area (TPSA) is 83.4 Å². The lowest BCUT2D eigenvalue weighted by molar-refractivity contribution is -0.116. The maximum atomic E-state index is 13.5. The van der Waals surface area contributed by atoms with E-state index in [2.05, 4.69) is 9.97 Å². The van der Waals surface area contributed by atoms with E-state index in [1.54, 1.807) is 22.4 Å². The van der Waals surface area contributed by atoms with Crippen molar-refractivity contribution in [3.05, 3.63) is 52.4 Å². The number of halogens is 1. The number of carboxylic acid groups (broad SMARTS) is 1. The molecule has 0 radical (unpaired) electrons. The Kier molecular flexibility index (Phi) is 5.27. The summed E-state index contributed by atoms with van der Waals surface area (Å²) in [4.78, 5) is 33.3. The quantitative estimate of drug-likeness (QED) is 0.716. The largest absolute Gasteiger partial charge is 0.478 e. The zero-order valence-corrected chi connectivity index (χ0v) is 15.5. The van der Waals surface area contributed by atoms with Gasteiger partial charge in [0.2, 0.25) is 5.91 Å². The van der Waals surface area contributed by atoms with Crippen molar-refractivity contribution in [3.8, 4) is 0 Å². The van der Waals surface area contributed by atoms with Crippen molar-refractivity contribution in [2.45, 2.75) is 13.8 Å². The lowest BCUT2D eigenvalue weighted by Crippen LogP contribution is -2.27. The summed E-state index contributed by atoms with van der Waals surface area (Å²) >= 11 is 1.34. The van der Waals surface area contributed by atoms with Crippen LogP contribution >= 0.6 is 11.3 Å². The highest BCUT2D eigenvalue weighted by molar-refractivity contribution is 7.14. The van der Waals surface area contributed by atoms with Crippen LogP contribution in [0.25, 0.3) is 23.1 Å². The lowest BCUT2D eigenvalue weighted by Gasteiger charge is -2.14. The molecule has 8 heteroatoms. The van der Waals surface area contributed by atoms with Gasteiger partial charge in [0, 0.05) is 30.3 Å². The average Bonchev–Trinajstić information content (AvgIpc) is 3.07. The standard InChI is InChI=1S/C19H16FN3O3S/c1-3-23(11(2)24)19-22-14(10-27-19)6-5-13-9-16(18(25)26)15-7-4-12(20)8-17(15)21-13/h4-10H,3H2,1-2H3,(H,25,26)/b6-5+. The lowest BCUT2D eigenvalue weighted by atomic mass is 10.1. The molecule has 0 aliphatic rings. The molecule has 0 spiro atoms. The van der Waals surface area contributed by atoms with Crippen LogP contribution in [-0.2, 0) is 4.79 Å². The van der Waals surface area contributed by atoms with Gasteiger partial charge in [0.25, 0.3) is 0 Å². The second-order valence-corrected chi connectivity index (χ2v) is 6.55. The number of carboxylic acids is 1. The molecule has 138 valence electrons. The number of anilines is 1. The number of amides is 1. The van der Waals surface area contributed by atoms with E-state index < -0.39 is 11.8 Å². The molecule has 1 N–H and O–H groups in total. The van der Waals surface area contributed by atoms with Gasteiger partial charge in [-0.3, -0.25) is 9.69 Å². The Morgan fingerprint density at radius 1 is 1.22 bits per heavy atom. The Bertz CT molecular complexity index is 1060. The summed E-state index contributed by atoms with van der Waals surface area (Å²) in [6, 6.07) is 5.24. The van der Waals surface area contributed by atoms with Crippen LogP contribution in [0.1, 0.15) is 35.6 Å². The van der Waals surface area contributed by atoms with Gasteiger partial charge in [0.15, 0.2) is 5.13 Å². The predicted molar refractivity (Wildman–Crippen MR) is 103 cm³/mol. The zero-order chi connectivity index (χ0) is 19.6. The van der Waals surface area contributed by atoms with Gasteiger partial charge in [-0.05, 0) is 37.3 Å². The van der Waals surface area contributed by atoms with Gasteiger partial charge >= 0.3 is 5.97 Å². The smallest absolute Gasteiger partial charge is 0.336 e. The summed E-state index contributed by atoms with van der Waals surface area (Å²) in [5.41, 5.74) is 1.31. The van der Waals surface area contributed by atoms with E-state index >= 15 is 0 Å². The normalized spacial score (nSPS) is 11.2. The number of hydrogen-bond donors (Lipinski definition) is 1. The monoisotopic (exact) mass is 385 g/mol. The number of aromatic carboxylic acids is 1. The predicted octanol–water partition coefficient (Wildman–Crippen LogP) is 4.07. The molecule has 0 aliphatic carbocycles. The van der Waals surface area contributed by atoms with Crippen molar-refractivity contribution in [1.29, 1.82) is 0 Å². The van der Waals surface area contributed by atoms with Crippen molar-refractivity contribution < 1.29 is 19.1 Å². The Hall–Kier alpha value is -3.13. The number of carbonyl (C=O) groups is 2. The van der Waals surface area contributed by atoms with Gasteiger partial charge < -0.3 is 5.11 Å². The molecule has 0 aliphatic heterocycles. The van der Waals surface area contributed by atoms with E-state index in [1.165, 1.54) is 42.5 Å². The average molecular weight is 385 g/mol. The second kappa shape index (κ2) is 7.63. The van der Waals surface area contributed by atoms with Gasteiger partial charge in [-0.1, -0.05) is 0 Å². The van der Waals surface area contributed by atoms with Crippen molar-refractivity contribution in [3.63, 3.8) is 0 Å². The summed E-state index contributed by atoms with van der Waals surface area (Å²) in [5, 5.41) is 12.2. The molecular weight excluding hydrogens is 369 g/mol. The number of hydrogen-bond acceptors (Lipinski definition) is 5. The van der Waals surface area contributed by atoms with Crippen molar-refractivity contribution >= 4 is 51.4 Å². The van der Waals surface area contributed by atoms with Gasteiger partial charge in [0.1, 0.15) is 5.82 Å². The number of rotatable bonds is 5. The number of thiazole rings is 1. The summed E-state index contributed by atoms with van der Waals surface area (Å²) in [7, 11) is 0. The summed E-state index contributed by atoms with van der Waals surface area (Å²) in [5.74, 6) is -1.69. The number of carbonyl (C=O) groups excluding carboxylic acids is 1. The van der Waals surface area contributed by atoms with E-state index in [4.69, 9.17) is 0 Å². The van der Waals surface area contributed by atoms with Crippen molar-refractivity contribution in [2.24, 2.45) is 0 Å². The highest BCUT2D eigenvalue weighted by Crippen LogP contribution is 2.23. The van der Waals surface area contributed by atoms with Crippen LogP contribution in [0, 0.1) is 5.82 Å². The van der Waals surface area contributed by atoms with Crippen LogP contribution in [0.5, 0.6) is 0 Å². The molecular formula is C19H16FN3O3S. The van der Waals surface area contributed by atoms with Crippen LogP contribution in [-0.4, -0.2) is 33.5 Å². The third-order valence-electron chi connectivity index (χ3n) is 3.88. The maximum Gasteiger partial charge on any atom is 0.336 e. The van der Waals surface area contributed by atoms with Crippen molar-refractivity contribution in [2.75, 3.05) is 11.4 Å². The molecule has 2 heterocycles. The number of benzene rings is 1. The number of nitrogens with zero attached hydrogens (tertiary/aromatic N) is 3. The molecule has 0 saturated carbocycles. The molecule has 1 amide bonds. The third-order valence-corrected chi connectivity index (χ3v) is 4.77. The third kappa shape index (κ3) is 4.01. The Morgan fingerprint density at radius 2 is 1.96 bits per heavy atom. The number of aromatic nitrogens is 2. The molecule has 3 rings (SSSR count). The zero-order valence-electron chi connectivity index (χ0n) is 14.6. The Balaban J connectivity index is 1.96. The van der Waals surface area contributed by atoms with Crippen LogP contribution in [0.3, 0.4) is 0 Å². The summed E-state index contributed by atoms with van der Waals surface area (Å²) < 4.78 is 13.5. The maximum absolute atomic E-state index is 13.5. The first-order valence-corrected chi connectivity index (χ1v) is 9.02. The first-order valence-electron chi connectivity index (χ1n) is 8.14. The van der Waals surface area contributed by atoms with E-state index in [-0.39, 0.29) is 17.0 Å². The van der Waals surface area contributed by atoms with E-state index in [0.29, 0.717) is 28.5 Å². The fourth-order valence-corrected chi connectivity index (χ4v) is 3.52. The van der Waals surface area contributed by atoms with Crippen molar-refractivity contribution in [1.82, 2.24) is 9.97 Å². The van der Waals surface area contributed by atoms with Crippen LogP contribution in [0.2, 0.25) is 0 Å². The highest BCUT2D eigenvalue weighted by atomic mass is 32.1. The van der Waals surface area contributed by atoms with Crippen LogP contribution < -0.4 is 4.90 Å². The fourth-order valence-electron chi connectivity index (χ4n) is 2.62. The van der Waals surface area contributed by atoms with Crippen LogP contribution in [0.4, 0.5) is 9.52 Å². The molecule has 3 aromatic rings. The molecule has 0 fully saturated rings. The fraction of sp³-hybridized carbons (Fsp3) is 0.158. The SMILES string of the molecule is CCN(C(C)=O)c1nc(/C=C/c2cc(C(=O)O)c3ccc(F)cc3n2)cs1. The Labute approximate surface area is 158 Å². The minimum Gasteiger partial charge on any atom is -0.478 e. The highest BCUT2D eigenvalue weighted by Gasteiger charge is 2.13. The summed E-state index contributed by atoms with van der Waals surface area (Å²) in [6.07, 6.45) is 3.28. The minimum absolute atomic E-state index is 0.0485. The Morgan fingerprint density at radius 3 is 2.63 bits per heavy atom. The molecule has 0 unspecified atom stereocenters. The van der Waals surface area contributed by atoms with E-state index in [9.17, 15) is 19.1 Å². The second-order valence-electron chi connectivity index (χ2n) is 5.71. The molecule has 0 saturated heterocycles. The van der Waals surface area contributed by atoms with Gasteiger partial charge in [0.05, 0.1) is 22.5 Å². The molecule has 0 bridgehead atoms. The minimum atomic E-state index is -1.11. The molecule has 2 aromatic heterocycles. The van der Waals surface area contributed by atoms with Gasteiger partial charge in [-0.15, -0.1) is 11.3 Å². The first kappa shape index (κ1) is 18.7. The molecule has 1 aromatic carbocycles. The van der Waals surface area contributed by atoms with E-state index in [0.717, 1.165) is 0 Å². The van der Waals surface area contributed by atoms with Gasteiger partial charge in [-0.25, -0.2) is 19.2 Å². The summed E-state index contributed by atoms with van der Waals surface area (Å²) in [6.45, 7) is 3.86. The molecule has 27 heavy (non-hydrogen) atoms. The van der Waals surface area contributed by atoms with Crippen LogP contribution in [0.15, 0.2) is 29.6 Å². The number of fused-ring (bicyclic) bond motifs is 1. The van der Waals surface area contributed by atoms with Gasteiger partial charge in [-0.2, -0.15) is 0 Å². The van der Waals surface area contributed by atoms with E-state index in [1.807, 2.05) is 6.92 Å². The first-order chi connectivity index (χ1) is 12.9. The molecule has 0 atom stereocenters. The molecule has 6 nitrogen and oxygen atoms in total. The number of pyridine rings is 1.